The van der Waals surface area contributed by atoms with Gasteiger partial charge in [-0.1, -0.05) is 6.07 Å². The fourth-order valence-corrected chi connectivity index (χ4v) is 5.83. The molecule has 0 spiro atoms. The van der Waals surface area contributed by atoms with Gasteiger partial charge >= 0.3 is 5.97 Å². The average molecular weight is 487 g/mol. The van der Waals surface area contributed by atoms with Crippen molar-refractivity contribution in [1.29, 1.82) is 0 Å². The van der Waals surface area contributed by atoms with Gasteiger partial charge in [0.1, 0.15) is 0 Å². The van der Waals surface area contributed by atoms with Gasteiger partial charge < -0.3 is 24.0 Å². The summed E-state index contributed by atoms with van der Waals surface area (Å²) in [7, 11) is 4.79. The third kappa shape index (κ3) is 4.24. The normalized spacial score (nSPS) is 20.6. The molecule has 0 aliphatic carbocycles. The first kappa shape index (κ1) is 24.1. The first-order valence-electron chi connectivity index (χ1n) is 11.4. The number of likely N-dealkylation sites (tertiary alicyclic amines) is 1. The predicted molar refractivity (Wildman–Crippen MR) is 127 cm³/mol. The molecule has 0 radical (unpaired) electrons. The van der Waals surface area contributed by atoms with Gasteiger partial charge in [-0.25, -0.2) is 0 Å². The predicted octanol–water partition coefficient (Wildman–Crippen LogP) is 3.48. The summed E-state index contributed by atoms with van der Waals surface area (Å²) >= 11 is 1.52. The lowest BCUT2D eigenvalue weighted by Crippen LogP contribution is -2.49. The van der Waals surface area contributed by atoms with Crippen LogP contribution in [0.5, 0.6) is 11.5 Å². The van der Waals surface area contributed by atoms with Crippen molar-refractivity contribution in [2.45, 2.75) is 31.7 Å². The Hall–Kier alpha value is -3.07. The molecule has 182 valence electrons. The van der Waals surface area contributed by atoms with Crippen LogP contribution in [0.4, 0.5) is 0 Å². The van der Waals surface area contributed by atoms with Gasteiger partial charge in [0, 0.05) is 30.6 Å². The summed E-state index contributed by atoms with van der Waals surface area (Å²) in [6, 6.07) is 6.86. The fourth-order valence-electron chi connectivity index (χ4n) is 4.92. The minimum atomic E-state index is -0.602. The van der Waals surface area contributed by atoms with E-state index in [0.29, 0.717) is 55.2 Å². The van der Waals surface area contributed by atoms with E-state index in [2.05, 4.69) is 0 Å². The Labute approximate surface area is 203 Å². The van der Waals surface area contributed by atoms with Crippen LogP contribution < -0.4 is 9.47 Å². The van der Waals surface area contributed by atoms with E-state index in [1.54, 1.807) is 31.0 Å². The summed E-state index contributed by atoms with van der Waals surface area (Å²) in [6.07, 6.45) is 1.13. The molecule has 2 aliphatic heterocycles. The molecule has 34 heavy (non-hydrogen) atoms. The van der Waals surface area contributed by atoms with Gasteiger partial charge in [-0.3, -0.25) is 14.4 Å². The van der Waals surface area contributed by atoms with Crippen LogP contribution in [0.2, 0.25) is 0 Å². The lowest BCUT2D eigenvalue weighted by atomic mass is 9.80. The minimum absolute atomic E-state index is 0.0615. The van der Waals surface area contributed by atoms with Crippen molar-refractivity contribution >= 4 is 29.1 Å². The maximum atomic E-state index is 14.0. The van der Waals surface area contributed by atoms with Crippen LogP contribution in [-0.4, -0.2) is 68.5 Å². The number of hydrogen-bond donors (Lipinski definition) is 0. The topological polar surface area (TPSA) is 85.4 Å². The Balaban J connectivity index is 1.72. The highest BCUT2D eigenvalue weighted by Crippen LogP contribution is 2.47. The first-order chi connectivity index (χ1) is 16.4. The lowest BCUT2D eigenvalue weighted by molar-refractivity contribution is -0.151. The van der Waals surface area contributed by atoms with Crippen LogP contribution in [0, 0.1) is 5.92 Å². The number of esters is 1. The monoisotopic (exact) mass is 486 g/mol. The Morgan fingerprint density at radius 3 is 2.38 bits per heavy atom. The van der Waals surface area contributed by atoms with Gasteiger partial charge in [-0.05, 0) is 48.9 Å². The van der Waals surface area contributed by atoms with Crippen molar-refractivity contribution in [2.24, 2.45) is 5.92 Å². The van der Waals surface area contributed by atoms with E-state index in [9.17, 15) is 14.4 Å². The molecule has 0 unspecified atom stereocenters. The highest BCUT2D eigenvalue weighted by molar-refractivity contribution is 7.10. The summed E-state index contributed by atoms with van der Waals surface area (Å²) in [5, 5.41) is 1.95. The molecular formula is C25H30N2O6S. The quantitative estimate of drug-likeness (QED) is 0.582. The van der Waals surface area contributed by atoms with Crippen molar-refractivity contribution in [3.8, 4) is 11.5 Å². The van der Waals surface area contributed by atoms with Gasteiger partial charge in [0.25, 0.3) is 5.91 Å². The molecule has 0 saturated carbocycles. The number of amides is 2. The number of methoxy groups -OCH3 is 2. The standard InChI is InChI=1S/C25H30N2O6S/c1-5-33-25(30)15-8-10-27(11-9-15)24(29)21-16-13-18(31-3)19(32-4)14-17(16)23(28)26(2)22(21)20-7-6-12-34-20/h6-7,12-15,21-22H,5,8-11H2,1-4H3/t21-,22-/m0/s1. The van der Waals surface area contributed by atoms with E-state index in [4.69, 9.17) is 14.2 Å². The number of carbonyl (C=O) groups excluding carboxylic acids is 3. The Morgan fingerprint density at radius 1 is 1.12 bits per heavy atom. The molecular weight excluding hydrogens is 456 g/mol. The Kier molecular flexibility index (Phi) is 7.11. The number of nitrogens with zero attached hydrogens (tertiary/aromatic N) is 2. The van der Waals surface area contributed by atoms with Crippen LogP contribution in [-0.2, 0) is 14.3 Å². The maximum Gasteiger partial charge on any atom is 0.309 e. The molecule has 1 aromatic carbocycles. The van der Waals surface area contributed by atoms with Crippen molar-refractivity contribution in [3.05, 3.63) is 45.6 Å². The van der Waals surface area contributed by atoms with Crippen molar-refractivity contribution in [3.63, 3.8) is 0 Å². The van der Waals surface area contributed by atoms with Crippen LogP contribution in [0.3, 0.4) is 0 Å². The van der Waals surface area contributed by atoms with E-state index < -0.39 is 12.0 Å². The molecule has 1 saturated heterocycles. The molecule has 2 atom stereocenters. The summed E-state index contributed by atoms with van der Waals surface area (Å²) < 4.78 is 16.1. The Morgan fingerprint density at radius 2 is 1.79 bits per heavy atom. The third-order valence-electron chi connectivity index (χ3n) is 6.70. The number of benzene rings is 1. The molecule has 3 heterocycles. The van der Waals surface area contributed by atoms with Crippen molar-refractivity contribution in [2.75, 3.05) is 41.0 Å². The van der Waals surface area contributed by atoms with E-state index in [-0.39, 0.29) is 23.7 Å². The highest BCUT2D eigenvalue weighted by atomic mass is 32.1. The number of piperidine rings is 1. The van der Waals surface area contributed by atoms with Crippen molar-refractivity contribution < 1.29 is 28.6 Å². The van der Waals surface area contributed by atoms with Gasteiger partial charge in [-0.15, -0.1) is 11.3 Å². The average Bonchev–Trinajstić information content (AvgIpc) is 3.39. The maximum absolute atomic E-state index is 14.0. The lowest BCUT2D eigenvalue weighted by Gasteiger charge is -2.42. The summed E-state index contributed by atoms with van der Waals surface area (Å²) in [4.78, 5) is 44.0. The van der Waals surface area contributed by atoms with Gasteiger partial charge in [-0.2, -0.15) is 0 Å². The first-order valence-corrected chi connectivity index (χ1v) is 12.3. The largest absolute Gasteiger partial charge is 0.493 e. The molecule has 1 aromatic heterocycles. The number of fused-ring (bicyclic) bond motifs is 1. The van der Waals surface area contributed by atoms with Crippen LogP contribution in [0.25, 0.3) is 0 Å². The van der Waals surface area contributed by atoms with Crippen LogP contribution >= 0.6 is 11.3 Å². The zero-order valence-electron chi connectivity index (χ0n) is 19.9. The number of hydrogen-bond acceptors (Lipinski definition) is 7. The van der Waals surface area contributed by atoms with E-state index >= 15 is 0 Å². The zero-order valence-corrected chi connectivity index (χ0v) is 20.7. The third-order valence-corrected chi connectivity index (χ3v) is 7.64. The van der Waals surface area contributed by atoms with Gasteiger partial charge in [0.05, 0.1) is 38.7 Å². The van der Waals surface area contributed by atoms with Crippen LogP contribution in [0.15, 0.2) is 29.6 Å². The summed E-state index contributed by atoms with van der Waals surface area (Å²) in [5.74, 6) is -0.301. The Bertz CT molecular complexity index is 1060. The molecule has 0 bridgehead atoms. The number of ether oxygens (including phenoxy) is 3. The summed E-state index contributed by atoms with van der Waals surface area (Å²) in [6.45, 7) is 3.08. The van der Waals surface area contributed by atoms with Gasteiger partial charge in [0.2, 0.25) is 5.91 Å². The van der Waals surface area contributed by atoms with Gasteiger partial charge in [0.15, 0.2) is 11.5 Å². The van der Waals surface area contributed by atoms with Crippen molar-refractivity contribution in [1.82, 2.24) is 9.80 Å². The highest BCUT2D eigenvalue weighted by Gasteiger charge is 2.46. The molecule has 0 N–H and O–H groups in total. The zero-order chi connectivity index (χ0) is 24.4. The smallest absolute Gasteiger partial charge is 0.309 e. The molecule has 1 fully saturated rings. The second kappa shape index (κ2) is 10.0. The fraction of sp³-hybridized carbons (Fsp3) is 0.480. The number of likely N-dealkylation sites (N-methyl/N-ethyl adjacent to an activating group) is 1. The molecule has 2 aliphatic rings. The molecule has 8 nitrogen and oxygen atoms in total. The molecule has 9 heteroatoms. The van der Waals surface area contributed by atoms with E-state index in [1.807, 2.05) is 22.4 Å². The number of rotatable bonds is 6. The SMILES string of the molecule is CCOC(=O)C1CCN(C(=O)[C@H]2c3cc(OC)c(OC)cc3C(=O)N(C)[C@H]2c2cccs2)CC1. The second-order valence-corrected chi connectivity index (χ2v) is 9.48. The number of carbonyl (C=O) groups is 3. The van der Waals surface area contributed by atoms with E-state index in [0.717, 1.165) is 4.88 Å². The minimum Gasteiger partial charge on any atom is -0.493 e. The second-order valence-electron chi connectivity index (χ2n) is 8.50. The molecule has 2 aromatic rings. The van der Waals surface area contributed by atoms with E-state index in [1.165, 1.54) is 25.6 Å². The number of thiophene rings is 1. The molecule has 4 rings (SSSR count). The molecule has 2 amide bonds. The summed E-state index contributed by atoms with van der Waals surface area (Å²) in [5.41, 5.74) is 1.07. The van der Waals surface area contributed by atoms with Crippen LogP contribution in [0.1, 0.15) is 52.5 Å².